The first kappa shape index (κ1) is 16.6. The highest BCUT2D eigenvalue weighted by molar-refractivity contribution is 5.89. The minimum Gasteiger partial charge on any atom is -0.381 e. The largest absolute Gasteiger partial charge is 0.381 e. The van der Waals surface area contributed by atoms with Crippen LogP contribution in [-0.2, 0) is 20.7 Å². The van der Waals surface area contributed by atoms with Crippen molar-refractivity contribution in [3.63, 3.8) is 0 Å². The quantitative estimate of drug-likeness (QED) is 0.929. The lowest BCUT2D eigenvalue weighted by atomic mass is 9.79. The maximum atomic E-state index is 13.1. The number of carbonyl (C=O) groups is 1. The zero-order valence-corrected chi connectivity index (χ0v) is 15.0. The molecule has 0 spiro atoms. The second kappa shape index (κ2) is 6.46. The van der Waals surface area contributed by atoms with Crippen LogP contribution in [0.5, 0.6) is 0 Å². The Kier molecular flexibility index (Phi) is 4.29. The van der Waals surface area contributed by atoms with Crippen LogP contribution in [0.15, 0.2) is 30.5 Å². The van der Waals surface area contributed by atoms with E-state index in [2.05, 4.69) is 11.1 Å². The second-order valence-corrected chi connectivity index (χ2v) is 7.29. The lowest BCUT2D eigenvalue weighted by Gasteiger charge is -2.43. The number of methoxy groups -OCH3 is 2. The molecule has 2 heterocycles. The normalized spacial score (nSPS) is 29.1. The van der Waals surface area contributed by atoms with Gasteiger partial charge in [-0.2, -0.15) is 0 Å². The van der Waals surface area contributed by atoms with Crippen molar-refractivity contribution in [2.45, 2.75) is 49.9 Å². The van der Waals surface area contributed by atoms with Crippen molar-refractivity contribution in [2.24, 2.45) is 0 Å². The predicted molar refractivity (Wildman–Crippen MR) is 96.5 cm³/mol. The maximum Gasteiger partial charge on any atom is 0.227 e. The van der Waals surface area contributed by atoms with Gasteiger partial charge in [0.15, 0.2) is 0 Å². The van der Waals surface area contributed by atoms with Crippen molar-refractivity contribution >= 4 is 16.8 Å². The first-order chi connectivity index (χ1) is 12.2. The molecule has 25 heavy (non-hydrogen) atoms. The van der Waals surface area contributed by atoms with E-state index in [9.17, 15) is 4.79 Å². The number of nitrogens with zero attached hydrogens (tertiary/aromatic N) is 1. The number of carbonyl (C=O) groups excluding carboxylic acids is 1. The lowest BCUT2D eigenvalue weighted by Crippen LogP contribution is -2.53. The van der Waals surface area contributed by atoms with Gasteiger partial charge in [0, 0.05) is 37.9 Å². The molecule has 2 fully saturated rings. The van der Waals surface area contributed by atoms with E-state index in [0.717, 1.165) is 48.7 Å². The molecule has 1 aliphatic heterocycles. The topological polar surface area (TPSA) is 54.6 Å². The van der Waals surface area contributed by atoms with Crippen LogP contribution in [0.2, 0.25) is 0 Å². The fourth-order valence-corrected chi connectivity index (χ4v) is 4.72. The highest BCUT2D eigenvalue weighted by Crippen LogP contribution is 2.43. The Morgan fingerprint density at radius 3 is 2.96 bits per heavy atom. The van der Waals surface area contributed by atoms with Crippen LogP contribution in [0.4, 0.5) is 0 Å². The molecule has 1 saturated heterocycles. The molecule has 3 atom stereocenters. The van der Waals surface area contributed by atoms with E-state index in [-0.39, 0.29) is 23.7 Å². The van der Waals surface area contributed by atoms with Gasteiger partial charge in [0.25, 0.3) is 0 Å². The molecule has 1 aromatic heterocycles. The number of amides is 1. The van der Waals surface area contributed by atoms with E-state index < -0.39 is 0 Å². The summed E-state index contributed by atoms with van der Waals surface area (Å²) in [5.74, 6) is 0.186. The van der Waals surface area contributed by atoms with Gasteiger partial charge in [0.05, 0.1) is 24.2 Å². The molecule has 1 N–H and O–H groups in total. The van der Waals surface area contributed by atoms with Crippen LogP contribution >= 0.6 is 0 Å². The first-order valence-electron chi connectivity index (χ1n) is 9.09. The third kappa shape index (κ3) is 2.75. The Hall–Kier alpha value is -1.85. The summed E-state index contributed by atoms with van der Waals surface area (Å²) in [6.45, 7) is 0.774. The number of nitrogens with one attached hydrogen (secondary N) is 1. The van der Waals surface area contributed by atoms with E-state index in [1.165, 1.54) is 0 Å². The van der Waals surface area contributed by atoms with Crippen LogP contribution in [-0.4, -0.2) is 54.3 Å². The number of ether oxygens (including phenoxy) is 2. The number of aromatic nitrogens is 1. The van der Waals surface area contributed by atoms with Crippen LogP contribution in [0.3, 0.4) is 0 Å². The predicted octanol–water partition coefficient (Wildman–Crippen LogP) is 2.90. The molecule has 1 aromatic carbocycles. The Morgan fingerprint density at radius 2 is 2.16 bits per heavy atom. The van der Waals surface area contributed by atoms with Crippen molar-refractivity contribution in [1.29, 1.82) is 0 Å². The van der Waals surface area contributed by atoms with E-state index in [4.69, 9.17) is 9.47 Å². The third-order valence-electron chi connectivity index (χ3n) is 6.21. The number of fused-ring (bicyclic) bond motifs is 2. The molecule has 4 rings (SSSR count). The van der Waals surface area contributed by atoms with E-state index >= 15 is 0 Å². The number of likely N-dealkylation sites (tertiary alicyclic amines) is 1. The van der Waals surface area contributed by atoms with E-state index in [1.807, 2.05) is 29.3 Å². The van der Waals surface area contributed by atoms with Gasteiger partial charge in [-0.1, -0.05) is 18.2 Å². The van der Waals surface area contributed by atoms with Gasteiger partial charge in [0.2, 0.25) is 5.91 Å². The Balaban J connectivity index is 1.55. The summed E-state index contributed by atoms with van der Waals surface area (Å²) in [6.07, 6.45) is 6.36. The fourth-order valence-electron chi connectivity index (χ4n) is 4.72. The van der Waals surface area contributed by atoms with Crippen LogP contribution in [0.25, 0.3) is 10.9 Å². The highest BCUT2D eigenvalue weighted by atomic mass is 16.5. The molecule has 1 amide bonds. The molecule has 2 aromatic rings. The Bertz CT molecular complexity index is 771. The smallest absolute Gasteiger partial charge is 0.227 e. The van der Waals surface area contributed by atoms with Gasteiger partial charge < -0.3 is 19.4 Å². The first-order valence-corrected chi connectivity index (χ1v) is 9.09. The van der Waals surface area contributed by atoms with Gasteiger partial charge >= 0.3 is 0 Å². The number of para-hydroxylation sites is 1. The number of hydrogen-bond acceptors (Lipinski definition) is 3. The number of H-pyrrole nitrogens is 1. The van der Waals surface area contributed by atoms with Crippen molar-refractivity contribution in [3.8, 4) is 0 Å². The number of benzene rings is 1. The van der Waals surface area contributed by atoms with Gasteiger partial charge in [-0.25, -0.2) is 0 Å². The zero-order valence-electron chi connectivity index (χ0n) is 15.0. The van der Waals surface area contributed by atoms with Gasteiger partial charge in [0.1, 0.15) is 0 Å². The summed E-state index contributed by atoms with van der Waals surface area (Å²) in [5, 5.41) is 1.13. The summed E-state index contributed by atoms with van der Waals surface area (Å²) in [7, 11) is 3.55. The van der Waals surface area contributed by atoms with Crippen LogP contribution < -0.4 is 0 Å². The van der Waals surface area contributed by atoms with Crippen molar-refractivity contribution < 1.29 is 14.3 Å². The summed E-state index contributed by atoms with van der Waals surface area (Å²) in [5.41, 5.74) is 1.95. The lowest BCUT2D eigenvalue weighted by molar-refractivity contribution is -0.140. The molecular formula is C20H26N2O3. The van der Waals surface area contributed by atoms with Crippen LogP contribution in [0, 0.1) is 0 Å². The zero-order chi connectivity index (χ0) is 17.4. The molecule has 0 unspecified atom stereocenters. The summed E-state index contributed by atoms with van der Waals surface area (Å²) >= 11 is 0. The summed E-state index contributed by atoms with van der Waals surface area (Å²) in [6, 6.07) is 8.25. The Morgan fingerprint density at radius 1 is 1.32 bits per heavy atom. The SMILES string of the molecule is CO[C@H]1CC[C@]2(OC)CCN(C(=O)Cc3c[nH]c4ccccc34)[C@@H]2C1. The molecule has 2 aliphatic rings. The van der Waals surface area contributed by atoms with Gasteiger partial charge in [-0.05, 0) is 37.3 Å². The fraction of sp³-hybridized carbons (Fsp3) is 0.550. The molecule has 1 saturated carbocycles. The molecule has 5 heteroatoms. The van der Waals surface area contributed by atoms with Crippen molar-refractivity contribution in [3.05, 3.63) is 36.0 Å². The van der Waals surface area contributed by atoms with Crippen LogP contribution in [0.1, 0.15) is 31.2 Å². The molecule has 1 aliphatic carbocycles. The minimum atomic E-state index is -0.190. The van der Waals surface area contributed by atoms with E-state index in [0.29, 0.717) is 6.42 Å². The number of hydrogen-bond donors (Lipinski definition) is 1. The average molecular weight is 342 g/mol. The third-order valence-corrected chi connectivity index (χ3v) is 6.21. The molecular weight excluding hydrogens is 316 g/mol. The standard InChI is InChI=1S/C20H26N2O3/c1-24-15-7-8-20(25-2)9-10-22(18(20)12-15)19(23)11-14-13-21-17-6-4-3-5-16(14)17/h3-6,13,15,18,21H,7-12H2,1-2H3/t15-,18+,20-/m0/s1. The molecule has 134 valence electrons. The van der Waals surface area contributed by atoms with E-state index in [1.54, 1.807) is 14.2 Å². The van der Waals surface area contributed by atoms with Gasteiger partial charge in [-0.15, -0.1) is 0 Å². The molecule has 5 nitrogen and oxygen atoms in total. The Labute approximate surface area is 148 Å². The van der Waals surface area contributed by atoms with Crippen molar-refractivity contribution in [1.82, 2.24) is 9.88 Å². The van der Waals surface area contributed by atoms with Gasteiger partial charge in [-0.3, -0.25) is 4.79 Å². The monoisotopic (exact) mass is 342 g/mol. The highest BCUT2D eigenvalue weighted by Gasteiger charge is 2.52. The minimum absolute atomic E-state index is 0.119. The summed E-state index contributed by atoms with van der Waals surface area (Å²) < 4.78 is 11.5. The molecule has 0 radical (unpaired) electrons. The number of rotatable bonds is 4. The van der Waals surface area contributed by atoms with Crippen molar-refractivity contribution in [2.75, 3.05) is 20.8 Å². The second-order valence-electron chi connectivity index (χ2n) is 7.29. The number of aromatic amines is 1. The maximum absolute atomic E-state index is 13.1. The average Bonchev–Trinajstić information content (AvgIpc) is 3.23. The molecule has 0 bridgehead atoms. The summed E-state index contributed by atoms with van der Waals surface area (Å²) in [4.78, 5) is 18.4.